The summed E-state index contributed by atoms with van der Waals surface area (Å²) in [5.74, 6) is 0.573. The third-order valence-electron chi connectivity index (χ3n) is 3.51. The summed E-state index contributed by atoms with van der Waals surface area (Å²) in [6.45, 7) is 1.44. The molecule has 1 aliphatic rings. The number of carbonyl (C=O) groups excluding carboxylic acids is 1. The minimum Gasteiger partial charge on any atom is -0.372 e. The van der Waals surface area contributed by atoms with Gasteiger partial charge in [-0.05, 0) is 12.1 Å². The maximum Gasteiger partial charge on any atom is 0.272 e. The molecule has 7 heteroatoms. The quantitative estimate of drug-likeness (QED) is 0.915. The lowest BCUT2D eigenvalue weighted by Crippen LogP contribution is -2.42. The van der Waals surface area contributed by atoms with Crippen LogP contribution >= 0.6 is 0 Å². The fourth-order valence-electron chi connectivity index (χ4n) is 2.43. The van der Waals surface area contributed by atoms with Crippen molar-refractivity contribution in [2.24, 2.45) is 0 Å². The Hall–Kier alpha value is -2.54. The van der Waals surface area contributed by atoms with Crippen LogP contribution in [0.5, 0.6) is 0 Å². The molecule has 1 atom stereocenters. The molecule has 0 aromatic carbocycles. The molecular formula is C15H17N5O2. The summed E-state index contributed by atoms with van der Waals surface area (Å²) in [6, 6.07) is 5.31. The van der Waals surface area contributed by atoms with Gasteiger partial charge in [-0.1, -0.05) is 6.07 Å². The summed E-state index contributed by atoms with van der Waals surface area (Å²) in [5.41, 5.74) is 1.15. The summed E-state index contributed by atoms with van der Waals surface area (Å²) >= 11 is 0. The zero-order chi connectivity index (χ0) is 15.4. The molecule has 0 spiro atoms. The number of nitrogens with zero attached hydrogens (tertiary/aromatic N) is 4. The molecule has 2 aromatic rings. The minimum absolute atomic E-state index is 0.0937. The number of rotatable bonds is 3. The highest BCUT2D eigenvalue weighted by Crippen LogP contribution is 2.25. The van der Waals surface area contributed by atoms with Crippen molar-refractivity contribution in [1.82, 2.24) is 19.9 Å². The van der Waals surface area contributed by atoms with Gasteiger partial charge in [0.25, 0.3) is 5.91 Å². The van der Waals surface area contributed by atoms with Gasteiger partial charge in [0.15, 0.2) is 0 Å². The molecule has 22 heavy (non-hydrogen) atoms. The predicted molar refractivity (Wildman–Crippen MR) is 80.4 cm³/mol. The zero-order valence-electron chi connectivity index (χ0n) is 12.3. The molecule has 3 rings (SSSR count). The summed E-state index contributed by atoms with van der Waals surface area (Å²) in [5, 5.41) is 3.00. The van der Waals surface area contributed by atoms with Crippen molar-refractivity contribution in [3.8, 4) is 0 Å². The third kappa shape index (κ3) is 2.89. The normalized spacial score (nSPS) is 18.0. The van der Waals surface area contributed by atoms with Gasteiger partial charge < -0.3 is 15.0 Å². The van der Waals surface area contributed by atoms with E-state index in [1.54, 1.807) is 48.7 Å². The van der Waals surface area contributed by atoms with E-state index in [1.165, 1.54) is 0 Å². The lowest BCUT2D eigenvalue weighted by molar-refractivity contribution is -0.0247. The Labute approximate surface area is 128 Å². The Morgan fingerprint density at radius 2 is 2.14 bits per heavy atom. The highest BCUT2D eigenvalue weighted by atomic mass is 16.5. The predicted octanol–water partition coefficient (Wildman–Crippen LogP) is 1.13. The second kappa shape index (κ2) is 6.48. The average Bonchev–Trinajstić information content (AvgIpc) is 2.62. The fraction of sp³-hybridized carbons (Fsp3) is 0.333. The van der Waals surface area contributed by atoms with Crippen molar-refractivity contribution in [3.63, 3.8) is 0 Å². The number of amides is 1. The van der Waals surface area contributed by atoms with Gasteiger partial charge in [-0.15, -0.1) is 0 Å². The monoisotopic (exact) mass is 299 g/mol. The smallest absolute Gasteiger partial charge is 0.272 e. The first-order chi connectivity index (χ1) is 10.8. The molecule has 3 heterocycles. The fourth-order valence-corrected chi connectivity index (χ4v) is 2.43. The summed E-state index contributed by atoms with van der Waals surface area (Å²) < 4.78 is 5.77. The van der Waals surface area contributed by atoms with Crippen LogP contribution in [0.1, 0.15) is 22.3 Å². The van der Waals surface area contributed by atoms with Crippen LogP contribution in [0, 0.1) is 0 Å². The number of nitrogens with one attached hydrogen (secondary N) is 1. The SMILES string of the molecule is CNc1nccnc1C1CN(C(=O)c2ccccn2)CCO1. The van der Waals surface area contributed by atoms with Crippen LogP contribution in [0.4, 0.5) is 5.82 Å². The van der Waals surface area contributed by atoms with Crippen molar-refractivity contribution < 1.29 is 9.53 Å². The second-order valence-corrected chi connectivity index (χ2v) is 4.87. The molecule has 114 valence electrons. The van der Waals surface area contributed by atoms with Gasteiger partial charge in [0.05, 0.1) is 13.2 Å². The number of ether oxygens (including phenoxy) is 1. The molecule has 1 unspecified atom stereocenters. The van der Waals surface area contributed by atoms with Crippen LogP contribution in [0.3, 0.4) is 0 Å². The van der Waals surface area contributed by atoms with Gasteiger partial charge >= 0.3 is 0 Å². The Bertz CT molecular complexity index is 649. The molecule has 1 aliphatic heterocycles. The van der Waals surface area contributed by atoms with E-state index in [0.29, 0.717) is 36.9 Å². The van der Waals surface area contributed by atoms with Gasteiger partial charge in [-0.3, -0.25) is 14.8 Å². The zero-order valence-corrected chi connectivity index (χ0v) is 12.3. The van der Waals surface area contributed by atoms with Crippen LogP contribution in [0.2, 0.25) is 0 Å². The van der Waals surface area contributed by atoms with E-state index in [0.717, 1.165) is 0 Å². The first kappa shape index (κ1) is 14.4. The van der Waals surface area contributed by atoms with Crippen molar-refractivity contribution in [3.05, 3.63) is 48.2 Å². The molecule has 1 fully saturated rings. The van der Waals surface area contributed by atoms with Crippen LogP contribution in [0.25, 0.3) is 0 Å². The second-order valence-electron chi connectivity index (χ2n) is 4.87. The number of aromatic nitrogens is 3. The first-order valence-electron chi connectivity index (χ1n) is 7.10. The number of carbonyl (C=O) groups is 1. The molecule has 1 amide bonds. The van der Waals surface area contributed by atoms with Crippen molar-refractivity contribution in [2.75, 3.05) is 32.1 Å². The Balaban J connectivity index is 1.78. The number of pyridine rings is 1. The van der Waals surface area contributed by atoms with Crippen LogP contribution in [-0.2, 0) is 4.74 Å². The standard InChI is InChI=1S/C15H17N5O2/c1-16-14-13(18-6-7-19-14)12-10-20(8-9-22-12)15(21)11-4-2-3-5-17-11/h2-7,12H,8-10H2,1H3,(H,16,19). The Morgan fingerprint density at radius 3 is 2.91 bits per heavy atom. The van der Waals surface area contributed by atoms with Crippen LogP contribution < -0.4 is 5.32 Å². The minimum atomic E-state index is -0.294. The molecule has 1 saturated heterocycles. The maximum absolute atomic E-state index is 12.5. The highest BCUT2D eigenvalue weighted by molar-refractivity contribution is 5.92. The number of morpholine rings is 1. The van der Waals surface area contributed by atoms with Crippen LogP contribution in [-0.4, -0.2) is 52.5 Å². The van der Waals surface area contributed by atoms with Gasteiger partial charge in [0.1, 0.15) is 23.3 Å². The van der Waals surface area contributed by atoms with Crippen LogP contribution in [0.15, 0.2) is 36.8 Å². The molecule has 0 radical (unpaired) electrons. The molecule has 1 N–H and O–H groups in total. The van der Waals surface area contributed by atoms with E-state index in [4.69, 9.17) is 4.74 Å². The maximum atomic E-state index is 12.5. The van der Waals surface area contributed by atoms with Crippen molar-refractivity contribution in [1.29, 1.82) is 0 Å². The largest absolute Gasteiger partial charge is 0.372 e. The molecule has 0 aliphatic carbocycles. The van der Waals surface area contributed by atoms with E-state index in [9.17, 15) is 4.79 Å². The molecule has 2 aromatic heterocycles. The summed E-state index contributed by atoms with van der Waals surface area (Å²) in [7, 11) is 1.78. The van der Waals surface area contributed by atoms with E-state index < -0.39 is 0 Å². The van der Waals surface area contributed by atoms with Crippen molar-refractivity contribution in [2.45, 2.75) is 6.10 Å². The van der Waals surface area contributed by atoms with E-state index in [2.05, 4.69) is 20.3 Å². The number of hydrogen-bond donors (Lipinski definition) is 1. The molecule has 0 saturated carbocycles. The number of hydrogen-bond acceptors (Lipinski definition) is 6. The highest BCUT2D eigenvalue weighted by Gasteiger charge is 2.29. The lowest BCUT2D eigenvalue weighted by atomic mass is 10.2. The van der Waals surface area contributed by atoms with E-state index in [-0.39, 0.29) is 12.0 Å². The summed E-state index contributed by atoms with van der Waals surface area (Å²) in [6.07, 6.45) is 4.57. The Morgan fingerprint density at radius 1 is 1.27 bits per heavy atom. The average molecular weight is 299 g/mol. The van der Waals surface area contributed by atoms with Gasteiger partial charge in [-0.2, -0.15) is 0 Å². The van der Waals surface area contributed by atoms with E-state index >= 15 is 0 Å². The Kier molecular flexibility index (Phi) is 4.24. The summed E-state index contributed by atoms with van der Waals surface area (Å²) in [4.78, 5) is 26.9. The molecule has 0 bridgehead atoms. The van der Waals surface area contributed by atoms with Crippen molar-refractivity contribution >= 4 is 11.7 Å². The van der Waals surface area contributed by atoms with Gasteiger partial charge in [0.2, 0.25) is 0 Å². The molecule has 7 nitrogen and oxygen atoms in total. The third-order valence-corrected chi connectivity index (χ3v) is 3.51. The number of anilines is 1. The first-order valence-corrected chi connectivity index (χ1v) is 7.10. The van der Waals surface area contributed by atoms with E-state index in [1.807, 2.05) is 0 Å². The van der Waals surface area contributed by atoms with Gasteiger partial charge in [0, 0.05) is 32.2 Å². The molecular weight excluding hydrogens is 282 g/mol. The van der Waals surface area contributed by atoms with Gasteiger partial charge in [-0.25, -0.2) is 4.98 Å². The topological polar surface area (TPSA) is 80.2 Å². The lowest BCUT2D eigenvalue weighted by Gasteiger charge is -2.32.